The Kier molecular flexibility index (Phi) is 3.14. The molecule has 4 nitrogen and oxygen atoms in total. The second-order valence-corrected chi connectivity index (χ2v) is 4.37. The van der Waals surface area contributed by atoms with E-state index in [0.29, 0.717) is 5.82 Å². The summed E-state index contributed by atoms with van der Waals surface area (Å²) in [5, 5.41) is 6.75. The van der Waals surface area contributed by atoms with Crippen molar-refractivity contribution in [2.24, 2.45) is 5.92 Å². The van der Waals surface area contributed by atoms with Crippen LogP contribution >= 0.6 is 0 Å². The van der Waals surface area contributed by atoms with Gasteiger partial charge in [0.1, 0.15) is 5.82 Å². The van der Waals surface area contributed by atoms with Gasteiger partial charge in [-0.15, -0.1) is 0 Å². The Hall–Kier alpha value is -1.19. The Labute approximate surface area is 89.5 Å². The molecule has 0 radical (unpaired) electrons. The van der Waals surface area contributed by atoms with Gasteiger partial charge in [0.25, 0.3) is 0 Å². The number of carbonyl (C=O) groups excluding carboxylic acids is 1. The van der Waals surface area contributed by atoms with Crippen LogP contribution in [0, 0.1) is 5.92 Å². The van der Waals surface area contributed by atoms with Crippen LogP contribution in [0.3, 0.4) is 0 Å². The molecule has 15 heavy (non-hydrogen) atoms. The number of rotatable bonds is 3. The smallest absolute Gasteiger partial charge is 0.216 e. The van der Waals surface area contributed by atoms with Gasteiger partial charge in [0.05, 0.1) is 0 Å². The van der Waals surface area contributed by atoms with Crippen molar-refractivity contribution in [2.45, 2.75) is 45.4 Å². The highest BCUT2D eigenvalue weighted by molar-refractivity contribution is 5.90. The van der Waals surface area contributed by atoms with Gasteiger partial charge in [-0.2, -0.15) is 5.10 Å². The van der Waals surface area contributed by atoms with Crippen LogP contribution in [-0.4, -0.2) is 21.0 Å². The molecule has 2 rings (SSSR count). The first-order valence-electron chi connectivity index (χ1n) is 5.68. The largest absolute Gasteiger partial charge is 0.291 e. The number of nitrogens with one attached hydrogen (secondary N) is 1. The molecule has 0 spiro atoms. The lowest BCUT2D eigenvalue weighted by atomic mass is 9.87. The Bertz CT molecular complexity index is 339. The van der Waals surface area contributed by atoms with Gasteiger partial charge >= 0.3 is 0 Å². The van der Waals surface area contributed by atoms with Crippen molar-refractivity contribution in [3.05, 3.63) is 11.6 Å². The molecule has 1 aliphatic carbocycles. The molecule has 82 valence electrons. The molecule has 0 aromatic carbocycles. The lowest BCUT2D eigenvalue weighted by molar-refractivity contribution is 0.100. The Morgan fingerprint density at radius 2 is 2.13 bits per heavy atom. The van der Waals surface area contributed by atoms with Crippen LogP contribution < -0.4 is 0 Å². The highest BCUT2D eigenvalue weighted by Gasteiger charge is 2.16. The third-order valence-electron chi connectivity index (χ3n) is 3.05. The van der Waals surface area contributed by atoms with E-state index in [9.17, 15) is 4.79 Å². The van der Waals surface area contributed by atoms with Crippen molar-refractivity contribution in [2.75, 3.05) is 0 Å². The van der Waals surface area contributed by atoms with Crippen LogP contribution in [0.5, 0.6) is 0 Å². The summed E-state index contributed by atoms with van der Waals surface area (Å²) < 4.78 is 0. The van der Waals surface area contributed by atoms with Gasteiger partial charge in [0.15, 0.2) is 5.78 Å². The Morgan fingerprint density at radius 3 is 2.73 bits per heavy atom. The molecule has 1 N–H and O–H groups in total. The monoisotopic (exact) mass is 207 g/mol. The van der Waals surface area contributed by atoms with E-state index < -0.39 is 0 Å². The van der Waals surface area contributed by atoms with Crippen molar-refractivity contribution >= 4 is 5.78 Å². The number of aromatic nitrogens is 3. The molecule has 1 heterocycles. The normalized spacial score (nSPS) is 17.9. The van der Waals surface area contributed by atoms with Crippen LogP contribution in [-0.2, 0) is 6.42 Å². The number of H-pyrrole nitrogens is 1. The summed E-state index contributed by atoms with van der Waals surface area (Å²) in [6.45, 7) is 1.49. The van der Waals surface area contributed by atoms with Crippen LogP contribution in [0.2, 0.25) is 0 Å². The lowest BCUT2D eigenvalue weighted by Gasteiger charge is -2.19. The molecule has 0 aliphatic heterocycles. The summed E-state index contributed by atoms with van der Waals surface area (Å²) in [4.78, 5) is 15.2. The molecule has 1 aliphatic rings. The lowest BCUT2D eigenvalue weighted by Crippen LogP contribution is -2.10. The molecule has 0 bridgehead atoms. The maximum absolute atomic E-state index is 11.0. The number of hydrogen-bond donors (Lipinski definition) is 1. The van der Waals surface area contributed by atoms with Crippen molar-refractivity contribution in [3.8, 4) is 0 Å². The zero-order valence-electron chi connectivity index (χ0n) is 9.12. The Morgan fingerprint density at radius 1 is 1.40 bits per heavy atom. The summed E-state index contributed by atoms with van der Waals surface area (Å²) in [5.41, 5.74) is 0. The van der Waals surface area contributed by atoms with Crippen LogP contribution in [0.1, 0.15) is 55.5 Å². The van der Waals surface area contributed by atoms with E-state index in [4.69, 9.17) is 0 Å². The summed E-state index contributed by atoms with van der Waals surface area (Å²) in [6.07, 6.45) is 7.55. The van der Waals surface area contributed by atoms with Crippen molar-refractivity contribution in [1.29, 1.82) is 0 Å². The summed E-state index contributed by atoms with van der Waals surface area (Å²) in [6, 6.07) is 0. The van der Waals surface area contributed by atoms with E-state index in [1.165, 1.54) is 39.0 Å². The molecular formula is C11H17N3O. The minimum Gasteiger partial charge on any atom is -0.291 e. The van der Waals surface area contributed by atoms with E-state index in [0.717, 1.165) is 18.2 Å². The fraction of sp³-hybridized carbons (Fsp3) is 0.727. The van der Waals surface area contributed by atoms with E-state index in [1.54, 1.807) is 0 Å². The number of nitrogens with zero attached hydrogens (tertiary/aromatic N) is 2. The zero-order chi connectivity index (χ0) is 10.7. The molecule has 0 saturated heterocycles. The topological polar surface area (TPSA) is 58.6 Å². The van der Waals surface area contributed by atoms with Crippen LogP contribution in [0.25, 0.3) is 0 Å². The quantitative estimate of drug-likeness (QED) is 0.772. The van der Waals surface area contributed by atoms with Gasteiger partial charge in [0.2, 0.25) is 5.82 Å². The summed E-state index contributed by atoms with van der Waals surface area (Å²) >= 11 is 0. The third kappa shape index (κ3) is 2.64. The predicted octanol–water partition coefficient (Wildman–Crippen LogP) is 2.13. The van der Waals surface area contributed by atoms with Crippen LogP contribution in [0.15, 0.2) is 0 Å². The van der Waals surface area contributed by atoms with Crippen molar-refractivity contribution in [1.82, 2.24) is 15.2 Å². The minimum absolute atomic E-state index is 0.0684. The van der Waals surface area contributed by atoms with Crippen LogP contribution in [0.4, 0.5) is 0 Å². The van der Waals surface area contributed by atoms with Gasteiger partial charge in [-0.25, -0.2) is 4.98 Å². The maximum atomic E-state index is 11.0. The highest BCUT2D eigenvalue weighted by Crippen LogP contribution is 2.25. The molecule has 0 atom stereocenters. The number of Topliss-reactive ketones (excluding diaryl/α,β-unsaturated/α-hetero) is 1. The first-order chi connectivity index (χ1) is 7.25. The zero-order valence-corrected chi connectivity index (χ0v) is 9.12. The highest BCUT2D eigenvalue weighted by atomic mass is 16.1. The van der Waals surface area contributed by atoms with Gasteiger partial charge in [-0.3, -0.25) is 9.89 Å². The Balaban J connectivity index is 1.94. The summed E-state index contributed by atoms with van der Waals surface area (Å²) in [5.74, 6) is 1.85. The second-order valence-electron chi connectivity index (χ2n) is 4.37. The second kappa shape index (κ2) is 4.55. The molecular weight excluding hydrogens is 190 g/mol. The summed E-state index contributed by atoms with van der Waals surface area (Å²) in [7, 11) is 0. The van der Waals surface area contributed by atoms with Gasteiger partial charge in [-0.1, -0.05) is 32.1 Å². The fourth-order valence-corrected chi connectivity index (χ4v) is 2.21. The van der Waals surface area contributed by atoms with Crippen molar-refractivity contribution in [3.63, 3.8) is 0 Å². The molecule has 1 aromatic rings. The average Bonchev–Trinajstić information content (AvgIpc) is 2.68. The molecule has 1 saturated carbocycles. The van der Waals surface area contributed by atoms with E-state index in [1.807, 2.05) is 0 Å². The third-order valence-corrected chi connectivity index (χ3v) is 3.05. The number of hydrogen-bond acceptors (Lipinski definition) is 3. The average molecular weight is 207 g/mol. The standard InChI is InChI=1S/C11H17N3O/c1-8(15)11-12-10(13-14-11)7-9-5-3-2-4-6-9/h9H,2-7H2,1H3,(H,12,13,14). The van der Waals surface area contributed by atoms with E-state index in [-0.39, 0.29) is 5.78 Å². The van der Waals surface area contributed by atoms with E-state index >= 15 is 0 Å². The predicted molar refractivity (Wildman–Crippen MR) is 56.7 cm³/mol. The molecule has 1 aromatic heterocycles. The van der Waals surface area contributed by atoms with Gasteiger partial charge in [-0.05, 0) is 5.92 Å². The molecule has 0 amide bonds. The first-order valence-corrected chi connectivity index (χ1v) is 5.68. The van der Waals surface area contributed by atoms with Gasteiger partial charge < -0.3 is 0 Å². The fourth-order valence-electron chi connectivity index (χ4n) is 2.21. The van der Waals surface area contributed by atoms with Crippen molar-refractivity contribution < 1.29 is 4.79 Å². The minimum atomic E-state index is -0.0684. The van der Waals surface area contributed by atoms with E-state index in [2.05, 4.69) is 15.2 Å². The molecule has 0 unspecified atom stereocenters. The first kappa shape index (κ1) is 10.3. The van der Waals surface area contributed by atoms with Gasteiger partial charge in [0, 0.05) is 13.3 Å². The number of aromatic amines is 1. The molecule has 4 heteroatoms. The SMILES string of the molecule is CC(=O)c1n[nH]c(CC2CCCCC2)n1. The number of ketones is 1. The molecule has 1 fully saturated rings. The number of carbonyl (C=O) groups is 1. The maximum Gasteiger partial charge on any atom is 0.216 e.